The number of hydrogen-bond donors (Lipinski definition) is 1. The zero-order chi connectivity index (χ0) is 15.1. The lowest BCUT2D eigenvalue weighted by Gasteiger charge is -2.26. The van der Waals surface area contributed by atoms with Crippen LogP contribution in [-0.4, -0.2) is 42.5 Å². The summed E-state index contributed by atoms with van der Waals surface area (Å²) in [5.74, 6) is 0.129. The maximum atomic E-state index is 12.1. The first kappa shape index (κ1) is 17.9. The zero-order valence-corrected chi connectivity index (χ0v) is 12.9. The summed E-state index contributed by atoms with van der Waals surface area (Å²) >= 11 is 0. The Morgan fingerprint density at radius 1 is 1.26 bits per heavy atom. The van der Waals surface area contributed by atoms with Gasteiger partial charge in [0.1, 0.15) is 0 Å². The molecule has 0 fully saturated rings. The van der Waals surface area contributed by atoms with E-state index in [9.17, 15) is 9.59 Å². The van der Waals surface area contributed by atoms with Crippen molar-refractivity contribution in [1.82, 2.24) is 4.90 Å². The molecule has 0 radical (unpaired) electrons. The van der Waals surface area contributed by atoms with E-state index in [-0.39, 0.29) is 23.8 Å². The highest BCUT2D eigenvalue weighted by Gasteiger charge is 2.19. The fourth-order valence-electron chi connectivity index (χ4n) is 1.67. The Morgan fingerprint density at radius 3 is 2.26 bits per heavy atom. The number of ether oxygens (including phenoxy) is 1. The van der Waals surface area contributed by atoms with E-state index in [0.717, 1.165) is 0 Å². The van der Waals surface area contributed by atoms with Crippen LogP contribution in [0.3, 0.4) is 0 Å². The van der Waals surface area contributed by atoms with Gasteiger partial charge in [0.2, 0.25) is 5.91 Å². The smallest absolute Gasteiger partial charge is 0.307 e. The minimum Gasteiger partial charge on any atom is -0.469 e. The lowest BCUT2D eigenvalue weighted by atomic mass is 9.99. The number of methoxy groups -OCH3 is 1. The second-order valence-corrected chi connectivity index (χ2v) is 6.05. The number of nitrogens with two attached hydrogens (primary N) is 1. The van der Waals surface area contributed by atoms with Crippen molar-refractivity contribution in [2.45, 2.75) is 52.5 Å². The van der Waals surface area contributed by atoms with E-state index in [4.69, 9.17) is 5.73 Å². The number of esters is 1. The van der Waals surface area contributed by atoms with Crippen LogP contribution in [-0.2, 0) is 14.3 Å². The lowest BCUT2D eigenvalue weighted by Crippen LogP contribution is -2.38. The molecular formula is C14H28N2O3. The first-order valence-electron chi connectivity index (χ1n) is 6.79. The van der Waals surface area contributed by atoms with Crippen LogP contribution in [0, 0.1) is 5.92 Å². The van der Waals surface area contributed by atoms with E-state index in [2.05, 4.69) is 4.74 Å². The second-order valence-electron chi connectivity index (χ2n) is 6.05. The van der Waals surface area contributed by atoms with Crippen molar-refractivity contribution in [1.29, 1.82) is 0 Å². The van der Waals surface area contributed by atoms with E-state index >= 15 is 0 Å². The molecule has 0 saturated heterocycles. The molecule has 5 heteroatoms. The van der Waals surface area contributed by atoms with Crippen LogP contribution in [0.15, 0.2) is 0 Å². The van der Waals surface area contributed by atoms with Crippen LogP contribution in [0.25, 0.3) is 0 Å². The fraction of sp³-hybridized carbons (Fsp3) is 0.857. The normalized spacial score (nSPS) is 11.5. The van der Waals surface area contributed by atoms with Crippen molar-refractivity contribution >= 4 is 11.9 Å². The van der Waals surface area contributed by atoms with Gasteiger partial charge >= 0.3 is 5.97 Å². The minimum atomic E-state index is -0.346. The third kappa shape index (κ3) is 9.47. The van der Waals surface area contributed by atoms with E-state index in [0.29, 0.717) is 31.8 Å². The maximum Gasteiger partial charge on any atom is 0.307 e. The molecule has 0 unspecified atom stereocenters. The van der Waals surface area contributed by atoms with Crippen molar-refractivity contribution in [3.63, 3.8) is 0 Å². The number of carbonyl (C=O) groups is 2. The first-order chi connectivity index (χ1) is 8.65. The number of rotatable bonds is 8. The zero-order valence-electron chi connectivity index (χ0n) is 12.9. The average Bonchev–Trinajstić information content (AvgIpc) is 2.29. The summed E-state index contributed by atoms with van der Waals surface area (Å²) in [6, 6.07) is 0. The predicted octanol–water partition coefficient (Wildman–Crippen LogP) is 1.55. The Balaban J connectivity index is 4.39. The van der Waals surface area contributed by atoms with Gasteiger partial charge in [-0.1, -0.05) is 13.8 Å². The number of carbonyl (C=O) groups excluding carboxylic acids is 2. The van der Waals surface area contributed by atoms with Crippen molar-refractivity contribution in [2.24, 2.45) is 11.7 Å². The largest absolute Gasteiger partial charge is 0.469 e. The standard InChI is InChI=1S/C14H28N2O3/c1-11(2)10-16(9-7-13(18)19-5)12(17)6-8-14(3,4)15/h11H,6-10,15H2,1-5H3. The highest BCUT2D eigenvalue weighted by Crippen LogP contribution is 2.11. The molecule has 0 atom stereocenters. The molecule has 0 saturated carbocycles. The Morgan fingerprint density at radius 2 is 1.84 bits per heavy atom. The summed E-state index contributed by atoms with van der Waals surface area (Å²) in [6.07, 6.45) is 1.29. The molecule has 0 rings (SSSR count). The molecule has 0 aliphatic carbocycles. The molecule has 0 aromatic heterocycles. The van der Waals surface area contributed by atoms with Crippen LogP contribution in [0.2, 0.25) is 0 Å². The van der Waals surface area contributed by atoms with Gasteiger partial charge in [0.15, 0.2) is 0 Å². The predicted molar refractivity (Wildman–Crippen MR) is 75.6 cm³/mol. The van der Waals surface area contributed by atoms with Gasteiger partial charge in [0.25, 0.3) is 0 Å². The summed E-state index contributed by atoms with van der Waals surface area (Å²) < 4.78 is 4.60. The number of nitrogens with zero attached hydrogens (tertiary/aromatic N) is 1. The van der Waals surface area contributed by atoms with Crippen molar-refractivity contribution in [2.75, 3.05) is 20.2 Å². The summed E-state index contributed by atoms with van der Waals surface area (Å²) in [7, 11) is 1.36. The monoisotopic (exact) mass is 272 g/mol. The van der Waals surface area contributed by atoms with Gasteiger partial charge in [-0.15, -0.1) is 0 Å². The number of amides is 1. The molecule has 0 aromatic carbocycles. The third-order valence-corrected chi connectivity index (χ3v) is 2.73. The summed E-state index contributed by atoms with van der Waals surface area (Å²) in [5, 5.41) is 0. The molecule has 112 valence electrons. The topological polar surface area (TPSA) is 72.6 Å². The van der Waals surface area contributed by atoms with E-state index in [1.807, 2.05) is 27.7 Å². The van der Waals surface area contributed by atoms with E-state index in [1.54, 1.807) is 4.90 Å². The maximum absolute atomic E-state index is 12.1. The van der Waals surface area contributed by atoms with Gasteiger partial charge in [-0.05, 0) is 26.2 Å². The molecule has 0 aliphatic rings. The molecule has 5 nitrogen and oxygen atoms in total. The highest BCUT2D eigenvalue weighted by atomic mass is 16.5. The van der Waals surface area contributed by atoms with Crippen LogP contribution >= 0.6 is 0 Å². The SMILES string of the molecule is COC(=O)CCN(CC(C)C)C(=O)CCC(C)(C)N. The third-order valence-electron chi connectivity index (χ3n) is 2.73. The van der Waals surface area contributed by atoms with Crippen molar-refractivity contribution in [3.8, 4) is 0 Å². The van der Waals surface area contributed by atoms with Gasteiger partial charge in [-0.3, -0.25) is 9.59 Å². The molecule has 19 heavy (non-hydrogen) atoms. The van der Waals surface area contributed by atoms with Crippen LogP contribution < -0.4 is 5.73 Å². The molecule has 1 amide bonds. The Kier molecular flexibility index (Phi) is 7.68. The Hall–Kier alpha value is -1.10. The van der Waals surface area contributed by atoms with Gasteiger partial charge in [0, 0.05) is 25.0 Å². The summed E-state index contributed by atoms with van der Waals surface area (Å²) in [4.78, 5) is 25.0. The van der Waals surface area contributed by atoms with E-state index in [1.165, 1.54) is 7.11 Å². The quantitative estimate of drug-likeness (QED) is 0.680. The molecule has 2 N–H and O–H groups in total. The van der Waals surface area contributed by atoms with Crippen LogP contribution in [0.1, 0.15) is 47.0 Å². The average molecular weight is 272 g/mol. The van der Waals surface area contributed by atoms with Gasteiger partial charge in [-0.2, -0.15) is 0 Å². The van der Waals surface area contributed by atoms with Crippen LogP contribution in [0.5, 0.6) is 0 Å². The fourth-order valence-corrected chi connectivity index (χ4v) is 1.67. The Labute approximate surface area is 116 Å². The molecule has 0 aromatic rings. The lowest BCUT2D eigenvalue weighted by molar-refractivity contribution is -0.142. The molecule has 0 heterocycles. The molecule has 0 spiro atoms. The number of hydrogen-bond acceptors (Lipinski definition) is 4. The first-order valence-corrected chi connectivity index (χ1v) is 6.79. The van der Waals surface area contributed by atoms with Gasteiger partial charge < -0.3 is 15.4 Å². The highest BCUT2D eigenvalue weighted by molar-refractivity contribution is 5.77. The van der Waals surface area contributed by atoms with Crippen molar-refractivity contribution in [3.05, 3.63) is 0 Å². The van der Waals surface area contributed by atoms with Crippen LogP contribution in [0.4, 0.5) is 0 Å². The van der Waals surface area contributed by atoms with E-state index < -0.39 is 0 Å². The second kappa shape index (κ2) is 8.15. The summed E-state index contributed by atoms with van der Waals surface area (Å²) in [5.41, 5.74) is 5.54. The molecule has 0 bridgehead atoms. The van der Waals surface area contributed by atoms with Gasteiger partial charge in [-0.25, -0.2) is 0 Å². The van der Waals surface area contributed by atoms with Crippen molar-refractivity contribution < 1.29 is 14.3 Å². The van der Waals surface area contributed by atoms with Gasteiger partial charge in [0.05, 0.1) is 13.5 Å². The minimum absolute atomic E-state index is 0.0520. The Bertz CT molecular complexity index is 296. The summed E-state index contributed by atoms with van der Waals surface area (Å²) in [6.45, 7) is 8.97. The molecular weight excluding hydrogens is 244 g/mol. The molecule has 0 aliphatic heterocycles.